The van der Waals surface area contributed by atoms with E-state index in [1.165, 1.54) is 23.7 Å². The Morgan fingerprint density at radius 3 is 2.37 bits per heavy atom. The fourth-order valence-electron chi connectivity index (χ4n) is 1.68. The lowest BCUT2D eigenvalue weighted by atomic mass is 10.2. The number of hydrogen-bond acceptors (Lipinski definition) is 3. The third kappa shape index (κ3) is 3.08. The summed E-state index contributed by atoms with van der Waals surface area (Å²) >= 11 is 5.96. The smallest absolute Gasteiger partial charge is 0.248 e. The standard InChI is InChI=1S/C11H9Cl2FN2O2S/c1-7-10(19(13,17)18)11(12)16(15-7)6-8-2-4-9(14)5-3-8/h2-5H,6H2,1H3. The number of hydrogen-bond donors (Lipinski definition) is 0. The molecule has 0 aliphatic carbocycles. The SMILES string of the molecule is Cc1nn(Cc2ccc(F)cc2)c(Cl)c1S(=O)(=O)Cl. The molecule has 1 aromatic carbocycles. The fourth-order valence-corrected chi connectivity index (χ4v) is 3.59. The van der Waals surface area contributed by atoms with Crippen molar-refractivity contribution < 1.29 is 12.8 Å². The highest BCUT2D eigenvalue weighted by molar-refractivity contribution is 8.13. The largest absolute Gasteiger partial charge is 0.266 e. The number of halogens is 3. The highest BCUT2D eigenvalue weighted by atomic mass is 35.7. The van der Waals surface area contributed by atoms with Crippen molar-refractivity contribution >= 4 is 31.3 Å². The van der Waals surface area contributed by atoms with Crippen LogP contribution in [0, 0.1) is 12.7 Å². The molecule has 2 aromatic rings. The van der Waals surface area contributed by atoms with Crippen LogP contribution >= 0.6 is 22.3 Å². The van der Waals surface area contributed by atoms with Crippen LogP contribution in [0.3, 0.4) is 0 Å². The highest BCUT2D eigenvalue weighted by Crippen LogP contribution is 2.28. The quantitative estimate of drug-likeness (QED) is 0.816. The normalized spacial score (nSPS) is 11.8. The van der Waals surface area contributed by atoms with Crippen molar-refractivity contribution in [2.45, 2.75) is 18.4 Å². The summed E-state index contributed by atoms with van der Waals surface area (Å²) < 4.78 is 36.8. The average Bonchev–Trinajstić information content (AvgIpc) is 2.56. The van der Waals surface area contributed by atoms with E-state index in [-0.39, 0.29) is 28.1 Å². The minimum Gasteiger partial charge on any atom is -0.248 e. The monoisotopic (exact) mass is 322 g/mol. The number of nitrogens with zero attached hydrogens (tertiary/aromatic N) is 2. The topological polar surface area (TPSA) is 52.0 Å². The van der Waals surface area contributed by atoms with Gasteiger partial charge in [-0.2, -0.15) is 5.10 Å². The summed E-state index contributed by atoms with van der Waals surface area (Å²) in [6.45, 7) is 1.73. The van der Waals surface area contributed by atoms with Crippen molar-refractivity contribution in [1.82, 2.24) is 9.78 Å². The van der Waals surface area contributed by atoms with Crippen LogP contribution in [0.25, 0.3) is 0 Å². The summed E-state index contributed by atoms with van der Waals surface area (Å²) in [5, 5.41) is 3.96. The van der Waals surface area contributed by atoms with Gasteiger partial charge in [0, 0.05) is 10.7 Å². The zero-order chi connectivity index (χ0) is 14.2. The molecule has 0 saturated heterocycles. The molecule has 0 aliphatic rings. The van der Waals surface area contributed by atoms with Gasteiger partial charge in [-0.1, -0.05) is 23.7 Å². The van der Waals surface area contributed by atoms with Crippen molar-refractivity contribution in [1.29, 1.82) is 0 Å². The summed E-state index contributed by atoms with van der Waals surface area (Å²) in [5.41, 5.74) is 0.964. The van der Waals surface area contributed by atoms with E-state index in [0.717, 1.165) is 5.56 Å². The average molecular weight is 323 g/mol. The minimum absolute atomic E-state index is 0.0585. The Balaban J connectivity index is 2.40. The van der Waals surface area contributed by atoms with Crippen LogP contribution in [0.5, 0.6) is 0 Å². The minimum atomic E-state index is -3.95. The Labute approximate surface area is 119 Å². The second-order valence-electron chi connectivity index (χ2n) is 3.93. The summed E-state index contributed by atoms with van der Waals surface area (Å²) in [6, 6.07) is 5.74. The second-order valence-corrected chi connectivity index (χ2v) is 6.79. The summed E-state index contributed by atoms with van der Waals surface area (Å²) in [4.78, 5) is -0.196. The van der Waals surface area contributed by atoms with E-state index in [0.29, 0.717) is 0 Å². The van der Waals surface area contributed by atoms with Crippen LogP contribution in [0.1, 0.15) is 11.3 Å². The van der Waals surface area contributed by atoms with Gasteiger partial charge in [0.1, 0.15) is 15.9 Å². The molecule has 0 radical (unpaired) electrons. The highest BCUT2D eigenvalue weighted by Gasteiger charge is 2.24. The predicted molar refractivity (Wildman–Crippen MR) is 70.5 cm³/mol. The fraction of sp³-hybridized carbons (Fsp3) is 0.182. The predicted octanol–water partition coefficient (Wildman–Crippen LogP) is 2.96. The molecule has 4 nitrogen and oxygen atoms in total. The Morgan fingerprint density at radius 1 is 1.32 bits per heavy atom. The van der Waals surface area contributed by atoms with E-state index in [4.69, 9.17) is 22.3 Å². The van der Waals surface area contributed by atoms with Crippen LogP contribution in [0.4, 0.5) is 4.39 Å². The molecule has 0 saturated carbocycles. The third-order valence-electron chi connectivity index (χ3n) is 2.50. The van der Waals surface area contributed by atoms with Crippen LogP contribution in [0.2, 0.25) is 5.15 Å². The first-order valence-corrected chi connectivity index (χ1v) is 7.90. The molecule has 8 heteroatoms. The van der Waals surface area contributed by atoms with Gasteiger partial charge in [0.15, 0.2) is 0 Å². The number of rotatable bonds is 3. The lowest BCUT2D eigenvalue weighted by Crippen LogP contribution is -2.02. The van der Waals surface area contributed by atoms with E-state index in [2.05, 4.69) is 5.10 Å². The van der Waals surface area contributed by atoms with Gasteiger partial charge < -0.3 is 0 Å². The zero-order valence-corrected chi connectivity index (χ0v) is 12.1. The van der Waals surface area contributed by atoms with Gasteiger partial charge in [-0.05, 0) is 24.6 Å². The van der Waals surface area contributed by atoms with E-state index in [1.54, 1.807) is 12.1 Å². The van der Waals surface area contributed by atoms with E-state index in [9.17, 15) is 12.8 Å². The second kappa shape index (κ2) is 5.11. The van der Waals surface area contributed by atoms with Crippen molar-refractivity contribution in [3.8, 4) is 0 Å². The van der Waals surface area contributed by atoms with Gasteiger partial charge >= 0.3 is 0 Å². The van der Waals surface area contributed by atoms with Crippen LogP contribution < -0.4 is 0 Å². The summed E-state index contributed by atoms with van der Waals surface area (Å²) in [5.74, 6) is -0.351. The number of aromatic nitrogens is 2. The molecule has 0 aliphatic heterocycles. The number of aryl methyl sites for hydroxylation is 1. The van der Waals surface area contributed by atoms with Crippen LogP contribution in [-0.4, -0.2) is 18.2 Å². The Morgan fingerprint density at radius 2 is 1.89 bits per heavy atom. The maximum Gasteiger partial charge on any atom is 0.266 e. The van der Waals surface area contributed by atoms with Crippen molar-refractivity contribution in [2.75, 3.05) is 0 Å². The van der Waals surface area contributed by atoms with Crippen molar-refractivity contribution in [3.05, 3.63) is 46.5 Å². The van der Waals surface area contributed by atoms with Crippen molar-refractivity contribution in [2.24, 2.45) is 0 Å². The van der Waals surface area contributed by atoms with Gasteiger partial charge in [0.2, 0.25) is 0 Å². The van der Waals surface area contributed by atoms with Gasteiger partial charge in [0.25, 0.3) is 9.05 Å². The molecular formula is C11H9Cl2FN2O2S. The lowest BCUT2D eigenvalue weighted by molar-refractivity contribution is 0.609. The van der Waals surface area contributed by atoms with E-state index >= 15 is 0 Å². The molecule has 0 bridgehead atoms. The molecule has 2 rings (SSSR count). The van der Waals surface area contributed by atoms with Crippen LogP contribution in [-0.2, 0) is 15.6 Å². The molecule has 0 fully saturated rings. The molecule has 1 heterocycles. The Hall–Kier alpha value is -1.11. The zero-order valence-electron chi connectivity index (χ0n) is 9.77. The molecule has 0 N–H and O–H groups in total. The van der Waals surface area contributed by atoms with Gasteiger partial charge in [-0.25, -0.2) is 17.5 Å². The first kappa shape index (κ1) is 14.3. The third-order valence-corrected chi connectivity index (χ3v) is 4.44. The summed E-state index contributed by atoms with van der Waals surface area (Å²) in [6.07, 6.45) is 0. The maximum absolute atomic E-state index is 12.8. The molecule has 0 unspecified atom stereocenters. The first-order chi connectivity index (χ1) is 8.79. The molecule has 1 aromatic heterocycles. The molecule has 0 spiro atoms. The van der Waals surface area contributed by atoms with Gasteiger partial charge in [0.05, 0.1) is 12.2 Å². The molecule has 19 heavy (non-hydrogen) atoms. The Bertz CT molecular complexity index is 711. The van der Waals surface area contributed by atoms with E-state index in [1.807, 2.05) is 0 Å². The van der Waals surface area contributed by atoms with E-state index < -0.39 is 9.05 Å². The van der Waals surface area contributed by atoms with Crippen LogP contribution in [0.15, 0.2) is 29.2 Å². The maximum atomic E-state index is 12.8. The Kier molecular flexibility index (Phi) is 3.85. The number of benzene rings is 1. The molecule has 102 valence electrons. The summed E-state index contributed by atoms with van der Waals surface area (Å²) in [7, 11) is 1.35. The first-order valence-electron chi connectivity index (χ1n) is 5.21. The molecular weight excluding hydrogens is 314 g/mol. The van der Waals surface area contributed by atoms with Gasteiger partial charge in [-0.3, -0.25) is 0 Å². The molecule has 0 atom stereocenters. The molecule has 0 amide bonds. The van der Waals surface area contributed by atoms with Gasteiger partial charge in [-0.15, -0.1) is 0 Å². The lowest BCUT2D eigenvalue weighted by Gasteiger charge is -2.03. The van der Waals surface area contributed by atoms with Crippen molar-refractivity contribution in [3.63, 3.8) is 0 Å².